The minimum atomic E-state index is 0.330. The molecule has 0 fully saturated rings. The van der Waals surface area contributed by atoms with Gasteiger partial charge in [0.2, 0.25) is 0 Å². The van der Waals surface area contributed by atoms with Crippen molar-refractivity contribution in [2.45, 2.75) is 19.9 Å². The van der Waals surface area contributed by atoms with Gasteiger partial charge in [-0.25, -0.2) is 0 Å². The first kappa shape index (κ1) is 16.1. The lowest BCUT2D eigenvalue weighted by Gasteiger charge is -2.11. The van der Waals surface area contributed by atoms with Crippen molar-refractivity contribution in [3.63, 3.8) is 0 Å². The van der Waals surface area contributed by atoms with Gasteiger partial charge in [0.1, 0.15) is 22.3 Å². The number of aromatic nitrogens is 1. The highest BCUT2D eigenvalue weighted by Gasteiger charge is 2.22. The van der Waals surface area contributed by atoms with Gasteiger partial charge in [0.15, 0.2) is 0 Å². The molecule has 0 aliphatic heterocycles. The summed E-state index contributed by atoms with van der Waals surface area (Å²) in [7, 11) is 0. The second kappa shape index (κ2) is 5.45. The number of nitrogens with zero attached hydrogens (tertiary/aromatic N) is 1. The second-order valence-electron chi connectivity index (χ2n) is 8.33. The molecule has 0 N–H and O–H groups in total. The molecule has 0 saturated carbocycles. The monoisotopic (exact) mass is 389 g/mol. The van der Waals surface area contributed by atoms with E-state index in [1.165, 1.54) is 32.6 Å². The molecule has 0 radical (unpaired) electrons. The lowest BCUT2D eigenvalue weighted by atomic mass is 10.0. The van der Waals surface area contributed by atoms with Crippen molar-refractivity contribution in [2.24, 2.45) is 0 Å². The Morgan fingerprint density at radius 3 is 1.47 bits per heavy atom. The van der Waals surface area contributed by atoms with E-state index in [1.807, 2.05) is 24.3 Å². The lowest BCUT2D eigenvalue weighted by Crippen LogP contribution is -1.99. The number of hydrogen-bond acceptors (Lipinski definition) is 2. The molecule has 0 aliphatic rings. The average molecular weight is 389 g/mol. The molecule has 3 heteroatoms. The predicted molar refractivity (Wildman–Crippen MR) is 124 cm³/mol. The summed E-state index contributed by atoms with van der Waals surface area (Å²) < 4.78 is 14.9. The Hall–Kier alpha value is -3.72. The van der Waals surface area contributed by atoms with Crippen molar-refractivity contribution >= 4 is 65.7 Å². The number of furan rings is 2. The van der Waals surface area contributed by atoms with E-state index in [2.05, 4.69) is 66.9 Å². The van der Waals surface area contributed by atoms with Gasteiger partial charge in [-0.15, -0.1) is 0 Å². The van der Waals surface area contributed by atoms with Gasteiger partial charge in [0.05, 0.1) is 11.0 Å². The van der Waals surface area contributed by atoms with Gasteiger partial charge in [-0.2, -0.15) is 0 Å². The maximum Gasteiger partial charge on any atom is 0.136 e. The zero-order valence-electron chi connectivity index (χ0n) is 16.8. The van der Waals surface area contributed by atoms with Crippen LogP contribution in [0.1, 0.15) is 19.9 Å². The predicted octanol–water partition coefficient (Wildman–Crippen LogP) is 8.17. The topological polar surface area (TPSA) is 31.2 Å². The summed E-state index contributed by atoms with van der Waals surface area (Å²) in [5.74, 6) is 0. The van der Waals surface area contributed by atoms with Crippen molar-refractivity contribution in [1.29, 1.82) is 0 Å². The first-order valence-electron chi connectivity index (χ1n) is 10.4. The van der Waals surface area contributed by atoms with E-state index in [9.17, 15) is 0 Å². The Morgan fingerprint density at radius 2 is 1.00 bits per heavy atom. The van der Waals surface area contributed by atoms with Crippen molar-refractivity contribution in [3.05, 3.63) is 72.8 Å². The fraction of sp³-hybridized carbons (Fsp3) is 0.111. The number of para-hydroxylation sites is 2. The molecule has 0 atom stereocenters. The Bertz CT molecular complexity index is 1650. The van der Waals surface area contributed by atoms with Crippen LogP contribution in [0.5, 0.6) is 0 Å². The first-order valence-corrected chi connectivity index (χ1v) is 10.4. The van der Waals surface area contributed by atoms with Gasteiger partial charge in [-0.05, 0) is 50.2 Å². The number of hydrogen-bond donors (Lipinski definition) is 0. The van der Waals surface area contributed by atoms with Gasteiger partial charge < -0.3 is 13.4 Å². The fourth-order valence-electron chi connectivity index (χ4n) is 5.21. The van der Waals surface area contributed by atoms with Crippen LogP contribution < -0.4 is 0 Å². The molecule has 0 spiro atoms. The van der Waals surface area contributed by atoms with E-state index in [0.717, 1.165) is 33.1 Å². The quantitative estimate of drug-likeness (QED) is 0.283. The fourth-order valence-corrected chi connectivity index (χ4v) is 5.21. The van der Waals surface area contributed by atoms with Gasteiger partial charge in [0, 0.05) is 38.4 Å². The third-order valence-electron chi connectivity index (χ3n) is 6.33. The number of fused-ring (bicyclic) bond motifs is 11. The molecular weight excluding hydrogens is 370 g/mol. The molecule has 3 nitrogen and oxygen atoms in total. The minimum Gasteiger partial charge on any atom is -0.456 e. The molecule has 0 saturated heterocycles. The molecule has 3 heterocycles. The minimum absolute atomic E-state index is 0.330. The normalized spacial score (nSPS) is 12.6. The highest BCUT2D eigenvalue weighted by Crippen LogP contribution is 2.45. The summed E-state index contributed by atoms with van der Waals surface area (Å²) in [6, 6.07) is 25.6. The first-order chi connectivity index (χ1) is 14.7. The summed E-state index contributed by atoms with van der Waals surface area (Å²) in [6.07, 6.45) is 0. The van der Waals surface area contributed by atoms with E-state index in [-0.39, 0.29) is 0 Å². The van der Waals surface area contributed by atoms with Crippen LogP contribution in [0.2, 0.25) is 0 Å². The van der Waals surface area contributed by atoms with Crippen molar-refractivity contribution in [3.8, 4) is 0 Å². The third-order valence-corrected chi connectivity index (χ3v) is 6.33. The van der Waals surface area contributed by atoms with Gasteiger partial charge in [0.25, 0.3) is 0 Å². The number of rotatable bonds is 1. The molecule has 7 aromatic rings. The maximum atomic E-state index is 6.23. The van der Waals surface area contributed by atoms with Crippen LogP contribution >= 0.6 is 0 Å². The SMILES string of the molecule is CC(C)n1c2ccc3oc4ccccc4c3c2c2c3c(ccc21)oc1ccccc13. The molecule has 0 unspecified atom stereocenters. The molecular formula is C27H19NO2. The summed E-state index contributed by atoms with van der Waals surface area (Å²) in [4.78, 5) is 0. The molecule has 30 heavy (non-hydrogen) atoms. The molecule has 144 valence electrons. The van der Waals surface area contributed by atoms with Crippen LogP contribution in [-0.2, 0) is 0 Å². The van der Waals surface area contributed by atoms with Gasteiger partial charge in [-0.1, -0.05) is 36.4 Å². The van der Waals surface area contributed by atoms with Crippen LogP contribution in [0.3, 0.4) is 0 Å². The van der Waals surface area contributed by atoms with Gasteiger partial charge >= 0.3 is 0 Å². The molecule has 0 aliphatic carbocycles. The van der Waals surface area contributed by atoms with Crippen molar-refractivity contribution in [1.82, 2.24) is 4.57 Å². The van der Waals surface area contributed by atoms with Crippen molar-refractivity contribution < 1.29 is 8.83 Å². The summed E-state index contributed by atoms with van der Waals surface area (Å²) in [5, 5.41) is 7.18. The lowest BCUT2D eigenvalue weighted by molar-refractivity contribution is 0.641. The zero-order valence-corrected chi connectivity index (χ0v) is 16.8. The van der Waals surface area contributed by atoms with Gasteiger partial charge in [-0.3, -0.25) is 0 Å². The standard InChI is InChI=1S/C27H19NO2/c1-15(2)28-18-11-13-22-24(16-7-3-5-9-20(16)29-22)26(18)27-19(28)12-14-23-25(27)17-8-4-6-10-21(17)30-23/h3-15H,1-2H3. The van der Waals surface area contributed by atoms with Crippen LogP contribution in [-0.4, -0.2) is 4.57 Å². The van der Waals surface area contributed by atoms with E-state index in [0.29, 0.717) is 6.04 Å². The zero-order chi connectivity index (χ0) is 20.0. The maximum absolute atomic E-state index is 6.23. The molecule has 3 aromatic heterocycles. The Labute approximate surface area is 172 Å². The third kappa shape index (κ3) is 1.85. The summed E-state index contributed by atoms with van der Waals surface area (Å²) in [6.45, 7) is 4.49. The summed E-state index contributed by atoms with van der Waals surface area (Å²) >= 11 is 0. The molecule has 7 rings (SSSR count). The molecule has 0 bridgehead atoms. The van der Waals surface area contributed by atoms with E-state index < -0.39 is 0 Å². The Morgan fingerprint density at radius 1 is 0.533 bits per heavy atom. The van der Waals surface area contributed by atoms with E-state index in [4.69, 9.17) is 8.83 Å². The molecule has 4 aromatic carbocycles. The van der Waals surface area contributed by atoms with Crippen LogP contribution in [0.15, 0.2) is 81.6 Å². The van der Waals surface area contributed by atoms with Crippen molar-refractivity contribution in [2.75, 3.05) is 0 Å². The second-order valence-corrected chi connectivity index (χ2v) is 8.33. The number of benzene rings is 4. The molecule has 0 amide bonds. The Balaban J connectivity index is 1.89. The van der Waals surface area contributed by atoms with Crippen LogP contribution in [0.25, 0.3) is 65.7 Å². The summed E-state index contributed by atoms with van der Waals surface area (Å²) in [5.41, 5.74) is 6.17. The largest absolute Gasteiger partial charge is 0.456 e. The average Bonchev–Trinajstić information content (AvgIpc) is 3.41. The van der Waals surface area contributed by atoms with E-state index >= 15 is 0 Å². The smallest absolute Gasteiger partial charge is 0.136 e. The van der Waals surface area contributed by atoms with Crippen LogP contribution in [0, 0.1) is 0 Å². The highest BCUT2D eigenvalue weighted by atomic mass is 16.3. The van der Waals surface area contributed by atoms with Crippen LogP contribution in [0.4, 0.5) is 0 Å². The highest BCUT2D eigenvalue weighted by molar-refractivity contribution is 6.34. The van der Waals surface area contributed by atoms with E-state index in [1.54, 1.807) is 0 Å². The Kier molecular flexibility index (Phi) is 2.93.